The summed E-state index contributed by atoms with van der Waals surface area (Å²) in [5.41, 5.74) is 0.392. The average molecular weight is 602 g/mol. The standard InChI is InChI=1S/C30H27F4N3O4S/c1-39-28(38)16-10-23(31)26-24(11-16)42-29(35-26)37-17-8-9-18(37)13-19(12-17)40-14-21-25(36-41-27(21)15-6-7-15)20-4-2-3-5-22(20)30(32,33)34/h2-5,10-11,15,17-19H,6-9,12-14H2,1H3/t17-,18+,19?. The van der Waals surface area contributed by atoms with E-state index in [4.69, 9.17) is 14.0 Å². The Balaban J connectivity index is 1.11. The number of halogens is 4. The zero-order chi connectivity index (χ0) is 29.2. The van der Waals surface area contributed by atoms with Gasteiger partial charge in [-0.2, -0.15) is 13.2 Å². The van der Waals surface area contributed by atoms with E-state index in [0.29, 0.717) is 34.0 Å². The van der Waals surface area contributed by atoms with Crippen LogP contribution >= 0.6 is 11.3 Å². The number of rotatable bonds is 7. The molecule has 2 saturated heterocycles. The molecular weight excluding hydrogens is 574 g/mol. The van der Waals surface area contributed by atoms with Gasteiger partial charge in [-0.25, -0.2) is 14.2 Å². The number of hydrogen-bond acceptors (Lipinski definition) is 8. The van der Waals surface area contributed by atoms with Crippen molar-refractivity contribution >= 4 is 32.7 Å². The Hall–Kier alpha value is -3.51. The summed E-state index contributed by atoms with van der Waals surface area (Å²) in [5.74, 6) is -0.402. The van der Waals surface area contributed by atoms with Crippen LogP contribution in [0.5, 0.6) is 0 Å². The Morgan fingerprint density at radius 2 is 1.86 bits per heavy atom. The highest BCUT2D eigenvalue weighted by molar-refractivity contribution is 7.22. The van der Waals surface area contributed by atoms with Crippen LogP contribution in [0.15, 0.2) is 40.9 Å². The minimum absolute atomic E-state index is 0.00689. The molecule has 0 amide bonds. The quantitative estimate of drug-likeness (QED) is 0.160. The lowest BCUT2D eigenvalue weighted by Crippen LogP contribution is -2.45. The number of ether oxygens (including phenoxy) is 2. The molecule has 1 saturated carbocycles. The molecule has 4 aromatic rings. The van der Waals surface area contributed by atoms with Gasteiger partial charge in [-0.3, -0.25) is 0 Å². The number of piperidine rings is 1. The van der Waals surface area contributed by atoms with E-state index in [0.717, 1.165) is 37.8 Å². The third kappa shape index (κ3) is 4.84. The van der Waals surface area contributed by atoms with Crippen molar-refractivity contribution in [2.75, 3.05) is 12.0 Å². The van der Waals surface area contributed by atoms with Gasteiger partial charge in [0.25, 0.3) is 0 Å². The van der Waals surface area contributed by atoms with E-state index in [1.54, 1.807) is 12.1 Å². The number of carbonyl (C=O) groups excluding carboxylic acids is 1. The largest absolute Gasteiger partial charge is 0.465 e. The monoisotopic (exact) mass is 601 g/mol. The van der Waals surface area contributed by atoms with Crippen molar-refractivity contribution in [1.29, 1.82) is 0 Å². The number of esters is 1. The van der Waals surface area contributed by atoms with E-state index in [-0.39, 0.29) is 53.0 Å². The predicted octanol–water partition coefficient (Wildman–Crippen LogP) is 7.49. The second-order valence-electron chi connectivity index (χ2n) is 11.2. The van der Waals surface area contributed by atoms with Crippen LogP contribution in [0.25, 0.3) is 21.5 Å². The first-order valence-electron chi connectivity index (χ1n) is 13.9. The van der Waals surface area contributed by atoms with Gasteiger partial charge < -0.3 is 18.9 Å². The second kappa shape index (κ2) is 10.3. The van der Waals surface area contributed by atoms with Crippen molar-refractivity contribution in [3.8, 4) is 11.3 Å². The first kappa shape index (κ1) is 27.3. The highest BCUT2D eigenvalue weighted by atomic mass is 32.1. The Kier molecular flexibility index (Phi) is 6.73. The van der Waals surface area contributed by atoms with E-state index in [2.05, 4.69) is 15.0 Å². The Bertz CT molecular complexity index is 1650. The Morgan fingerprint density at radius 1 is 1.12 bits per heavy atom. The normalized spacial score (nSPS) is 22.2. The van der Waals surface area contributed by atoms with Gasteiger partial charge in [-0.1, -0.05) is 34.7 Å². The van der Waals surface area contributed by atoms with Crippen LogP contribution in [0.3, 0.4) is 0 Å². The number of thiazole rings is 1. The summed E-state index contributed by atoms with van der Waals surface area (Å²) >= 11 is 1.35. The van der Waals surface area contributed by atoms with E-state index in [1.165, 1.54) is 30.6 Å². The first-order chi connectivity index (χ1) is 20.2. The van der Waals surface area contributed by atoms with Crippen molar-refractivity contribution in [3.63, 3.8) is 0 Å². The number of methoxy groups -OCH3 is 1. The summed E-state index contributed by atoms with van der Waals surface area (Å²) in [5, 5.41) is 4.81. The highest BCUT2D eigenvalue weighted by Crippen LogP contribution is 2.47. The fourth-order valence-corrected chi connectivity index (χ4v) is 7.54. The molecule has 0 radical (unpaired) electrons. The highest BCUT2D eigenvalue weighted by Gasteiger charge is 2.43. The van der Waals surface area contributed by atoms with E-state index >= 15 is 0 Å². The maximum absolute atomic E-state index is 14.8. The molecule has 42 heavy (non-hydrogen) atoms. The summed E-state index contributed by atoms with van der Waals surface area (Å²) in [6.07, 6.45) is 0.473. The van der Waals surface area contributed by atoms with Gasteiger partial charge >= 0.3 is 12.1 Å². The fourth-order valence-electron chi connectivity index (χ4n) is 6.38. The second-order valence-corrected chi connectivity index (χ2v) is 12.2. The number of carbonyl (C=O) groups is 1. The van der Waals surface area contributed by atoms with Crippen LogP contribution in [-0.2, 0) is 22.3 Å². The molecular formula is C30H27F4N3O4S. The van der Waals surface area contributed by atoms with Gasteiger partial charge in [-0.15, -0.1) is 0 Å². The lowest BCUT2D eigenvalue weighted by atomic mass is 9.98. The molecule has 7 nitrogen and oxygen atoms in total. The van der Waals surface area contributed by atoms with Gasteiger partial charge in [0.15, 0.2) is 10.9 Å². The molecule has 3 atom stereocenters. The zero-order valence-electron chi connectivity index (χ0n) is 22.6. The van der Waals surface area contributed by atoms with Crippen LogP contribution in [0.2, 0.25) is 0 Å². The molecule has 0 spiro atoms. The zero-order valence-corrected chi connectivity index (χ0v) is 23.4. The summed E-state index contributed by atoms with van der Waals surface area (Å²) in [6.45, 7) is 0.115. The number of anilines is 1. The molecule has 0 N–H and O–H groups in total. The first-order valence-corrected chi connectivity index (χ1v) is 14.8. The molecule has 220 valence electrons. The minimum Gasteiger partial charge on any atom is -0.465 e. The minimum atomic E-state index is -4.52. The summed E-state index contributed by atoms with van der Waals surface area (Å²) in [4.78, 5) is 18.8. The van der Waals surface area contributed by atoms with Crippen LogP contribution in [-0.4, -0.2) is 41.4 Å². The van der Waals surface area contributed by atoms with Crippen molar-refractivity contribution in [1.82, 2.24) is 10.1 Å². The smallest absolute Gasteiger partial charge is 0.417 e. The molecule has 2 aliphatic heterocycles. The van der Waals surface area contributed by atoms with E-state index in [1.807, 2.05) is 0 Å². The number of nitrogens with zero attached hydrogens (tertiary/aromatic N) is 3. The molecule has 4 heterocycles. The lowest BCUT2D eigenvalue weighted by molar-refractivity contribution is -0.137. The average Bonchev–Trinajstić information content (AvgIpc) is 3.48. The van der Waals surface area contributed by atoms with Crippen LogP contribution in [0.4, 0.5) is 22.7 Å². The number of benzene rings is 2. The maximum atomic E-state index is 14.8. The third-order valence-electron chi connectivity index (χ3n) is 8.49. The van der Waals surface area contributed by atoms with E-state index < -0.39 is 23.5 Å². The number of aromatic nitrogens is 2. The molecule has 2 aromatic heterocycles. The molecule has 7 rings (SSSR count). The van der Waals surface area contributed by atoms with Crippen LogP contribution in [0, 0.1) is 5.82 Å². The number of hydrogen-bond donors (Lipinski definition) is 0. The molecule has 2 aromatic carbocycles. The summed E-state index contributed by atoms with van der Waals surface area (Å²) in [6, 6.07) is 8.44. The summed E-state index contributed by atoms with van der Waals surface area (Å²) in [7, 11) is 1.25. The van der Waals surface area contributed by atoms with Crippen molar-refractivity contribution in [2.45, 2.75) is 75.4 Å². The number of fused-ring (bicyclic) bond motifs is 3. The SMILES string of the molecule is COC(=O)c1cc(F)c2nc(N3[C@@H]4CC[C@H]3CC(OCc3c(-c5ccccc5C(F)(F)F)noc3C3CC3)C4)sc2c1. The third-order valence-corrected chi connectivity index (χ3v) is 9.50. The lowest BCUT2D eigenvalue weighted by Gasteiger charge is -2.38. The maximum Gasteiger partial charge on any atom is 0.417 e. The van der Waals surface area contributed by atoms with Crippen molar-refractivity contribution < 1.29 is 36.4 Å². The van der Waals surface area contributed by atoms with Crippen LogP contribution < -0.4 is 4.90 Å². The van der Waals surface area contributed by atoms with E-state index in [9.17, 15) is 22.4 Å². The Morgan fingerprint density at radius 3 is 2.55 bits per heavy atom. The van der Waals surface area contributed by atoms with Gasteiger partial charge in [-0.05, 0) is 56.7 Å². The fraction of sp³-hybridized carbons (Fsp3) is 0.433. The van der Waals surface area contributed by atoms with Crippen molar-refractivity contribution in [2.24, 2.45) is 0 Å². The van der Waals surface area contributed by atoms with Gasteiger partial charge in [0, 0.05) is 29.1 Å². The predicted molar refractivity (Wildman–Crippen MR) is 147 cm³/mol. The topological polar surface area (TPSA) is 77.7 Å². The Labute approximate surface area is 242 Å². The summed E-state index contributed by atoms with van der Waals surface area (Å²) < 4.78 is 73.5. The molecule has 2 bridgehead atoms. The molecule has 3 aliphatic rings. The van der Waals surface area contributed by atoms with Gasteiger partial charge in [0.05, 0.1) is 35.6 Å². The van der Waals surface area contributed by atoms with Gasteiger partial charge in [0.1, 0.15) is 17.0 Å². The number of alkyl halides is 3. The molecule has 12 heteroatoms. The van der Waals surface area contributed by atoms with Gasteiger partial charge in [0.2, 0.25) is 0 Å². The molecule has 1 aliphatic carbocycles. The van der Waals surface area contributed by atoms with Crippen molar-refractivity contribution in [3.05, 3.63) is 64.7 Å². The molecule has 1 unspecified atom stereocenters. The van der Waals surface area contributed by atoms with Crippen LogP contribution in [0.1, 0.15) is 71.7 Å². The molecule has 3 fully saturated rings.